The molecular weight excluding hydrogens is 590 g/mol. The maximum atomic E-state index is 9.87. The molecule has 0 aliphatic heterocycles. The fourth-order valence-corrected chi connectivity index (χ4v) is 5.34. The molecule has 0 spiro atoms. The van der Waals surface area contributed by atoms with E-state index >= 15 is 0 Å². The van der Waals surface area contributed by atoms with Crippen LogP contribution in [0.2, 0.25) is 0 Å². The van der Waals surface area contributed by atoms with Gasteiger partial charge in [0.05, 0.1) is 35.4 Å². The van der Waals surface area contributed by atoms with Gasteiger partial charge in [0.1, 0.15) is 17.3 Å². The number of ether oxygens (including phenoxy) is 1. The van der Waals surface area contributed by atoms with E-state index in [1.54, 1.807) is 30.0 Å². The highest BCUT2D eigenvalue weighted by Crippen LogP contribution is 2.27. The average molecular weight is 617 g/mol. The van der Waals surface area contributed by atoms with Crippen LogP contribution in [0.1, 0.15) is 17.0 Å². The number of hydrogen-bond acceptors (Lipinski definition) is 8. The Morgan fingerprint density at radius 3 is 2.42 bits per heavy atom. The molecule has 3 aromatic carbocycles. The highest BCUT2D eigenvalue weighted by atomic mass is 79.9. The number of hydrogen-bond donors (Lipinski definition) is 1. The molecule has 40 heavy (non-hydrogen) atoms. The number of phenols is 1. The Morgan fingerprint density at radius 1 is 0.925 bits per heavy atom. The summed E-state index contributed by atoms with van der Waals surface area (Å²) in [5.41, 5.74) is 4.82. The SMILES string of the molecule is COc1ccc(Cn2c(CN(Cc3ccc(O)cc3)c3nc(SC)nc4c(Br)cnn34)nc3ccccc32)cc1. The van der Waals surface area contributed by atoms with Crippen LogP contribution in [-0.2, 0) is 19.6 Å². The van der Waals surface area contributed by atoms with Crippen molar-refractivity contribution in [3.8, 4) is 11.5 Å². The molecule has 9 nitrogen and oxygen atoms in total. The van der Waals surface area contributed by atoms with Crippen LogP contribution >= 0.6 is 27.7 Å². The standard InChI is InChI=1S/C29H26BrN7O2S/c1-39-22-13-9-20(10-14-22)17-36-25-6-4-3-5-24(25)32-26(36)18-35(16-19-7-11-21(38)12-8-19)29-34-28(40-2)33-27-23(30)15-31-37(27)29/h3-15,38H,16-18H2,1-2H3. The lowest BCUT2D eigenvalue weighted by molar-refractivity contribution is 0.414. The number of thioether (sulfide) groups is 1. The summed E-state index contributed by atoms with van der Waals surface area (Å²) in [4.78, 5) is 16.8. The zero-order valence-corrected chi connectivity index (χ0v) is 24.3. The Morgan fingerprint density at radius 2 is 1.68 bits per heavy atom. The molecule has 3 heterocycles. The first-order chi connectivity index (χ1) is 19.5. The number of methoxy groups -OCH3 is 1. The molecule has 1 N–H and O–H groups in total. The van der Waals surface area contributed by atoms with Gasteiger partial charge >= 0.3 is 0 Å². The number of nitrogens with zero attached hydrogens (tertiary/aromatic N) is 7. The maximum absolute atomic E-state index is 9.87. The third-order valence-electron chi connectivity index (χ3n) is 6.63. The van der Waals surface area contributed by atoms with E-state index < -0.39 is 0 Å². The number of imidazole rings is 1. The molecule has 0 bridgehead atoms. The molecule has 0 saturated heterocycles. The summed E-state index contributed by atoms with van der Waals surface area (Å²) in [6.45, 7) is 1.63. The number of aromatic nitrogens is 6. The van der Waals surface area contributed by atoms with Crippen molar-refractivity contribution < 1.29 is 9.84 Å². The number of aromatic hydroxyl groups is 1. The summed E-state index contributed by atoms with van der Waals surface area (Å²) in [7, 11) is 1.67. The van der Waals surface area contributed by atoms with Crippen molar-refractivity contribution in [2.24, 2.45) is 0 Å². The third-order valence-corrected chi connectivity index (χ3v) is 7.74. The highest BCUT2D eigenvalue weighted by Gasteiger charge is 2.22. The fourth-order valence-electron chi connectivity index (χ4n) is 4.64. The lowest BCUT2D eigenvalue weighted by Gasteiger charge is -2.25. The quantitative estimate of drug-likeness (QED) is 0.200. The van der Waals surface area contributed by atoms with E-state index in [4.69, 9.17) is 14.7 Å². The molecule has 6 aromatic rings. The van der Waals surface area contributed by atoms with E-state index in [1.165, 1.54) is 11.8 Å². The van der Waals surface area contributed by atoms with Crippen molar-refractivity contribution in [2.45, 2.75) is 24.8 Å². The van der Waals surface area contributed by atoms with Gasteiger partial charge in [0.2, 0.25) is 5.95 Å². The monoisotopic (exact) mass is 615 g/mol. The molecule has 0 aliphatic rings. The predicted octanol–water partition coefficient (Wildman–Crippen LogP) is 5.93. The highest BCUT2D eigenvalue weighted by molar-refractivity contribution is 9.10. The van der Waals surface area contributed by atoms with Crippen LogP contribution in [0.4, 0.5) is 5.95 Å². The minimum Gasteiger partial charge on any atom is -0.508 e. The van der Waals surface area contributed by atoms with Gasteiger partial charge in [-0.2, -0.15) is 14.6 Å². The van der Waals surface area contributed by atoms with E-state index in [2.05, 4.69) is 53.7 Å². The molecular formula is C29H26BrN7O2S. The lowest BCUT2D eigenvalue weighted by Crippen LogP contribution is -2.28. The molecule has 0 saturated carbocycles. The number of phenolic OH excluding ortho intramolecular Hbond substituents is 1. The van der Waals surface area contributed by atoms with Crippen LogP contribution in [0, 0.1) is 0 Å². The van der Waals surface area contributed by atoms with Crippen molar-refractivity contribution in [1.29, 1.82) is 0 Å². The molecule has 11 heteroatoms. The normalized spacial score (nSPS) is 11.4. The molecule has 0 radical (unpaired) electrons. The first-order valence-electron chi connectivity index (χ1n) is 12.6. The second-order valence-corrected chi connectivity index (χ2v) is 10.8. The maximum Gasteiger partial charge on any atom is 0.231 e. The first-order valence-corrected chi connectivity index (χ1v) is 14.6. The van der Waals surface area contributed by atoms with Gasteiger partial charge in [-0.3, -0.25) is 0 Å². The van der Waals surface area contributed by atoms with E-state index in [-0.39, 0.29) is 5.75 Å². The molecule has 0 unspecified atom stereocenters. The van der Waals surface area contributed by atoms with Gasteiger partial charge in [0.25, 0.3) is 0 Å². The summed E-state index contributed by atoms with van der Waals surface area (Å²) in [6.07, 6.45) is 3.69. The summed E-state index contributed by atoms with van der Waals surface area (Å²) >= 11 is 5.06. The van der Waals surface area contributed by atoms with Gasteiger partial charge in [-0.1, -0.05) is 48.2 Å². The number of halogens is 1. The molecule has 0 fully saturated rings. The van der Waals surface area contributed by atoms with Crippen molar-refractivity contribution in [3.05, 3.63) is 100 Å². The minimum atomic E-state index is 0.224. The van der Waals surface area contributed by atoms with E-state index in [9.17, 15) is 5.11 Å². The Hall–Kier alpha value is -4.09. The van der Waals surface area contributed by atoms with Crippen LogP contribution in [0.3, 0.4) is 0 Å². The van der Waals surface area contributed by atoms with Crippen LogP contribution in [0.25, 0.3) is 16.7 Å². The Bertz CT molecular complexity index is 1790. The lowest BCUT2D eigenvalue weighted by atomic mass is 10.2. The smallest absolute Gasteiger partial charge is 0.231 e. The molecule has 3 aromatic heterocycles. The molecule has 0 amide bonds. The Balaban J connectivity index is 1.46. The summed E-state index contributed by atoms with van der Waals surface area (Å²) in [6, 6.07) is 23.5. The van der Waals surface area contributed by atoms with Gasteiger partial charge in [-0.05, 0) is 69.7 Å². The van der Waals surface area contributed by atoms with Crippen molar-refractivity contribution in [2.75, 3.05) is 18.3 Å². The Labute approximate surface area is 243 Å². The zero-order valence-electron chi connectivity index (χ0n) is 21.9. The average Bonchev–Trinajstić information content (AvgIpc) is 3.53. The van der Waals surface area contributed by atoms with Crippen LogP contribution in [0.5, 0.6) is 11.5 Å². The van der Waals surface area contributed by atoms with Crippen LogP contribution in [0.15, 0.2) is 88.6 Å². The summed E-state index contributed by atoms with van der Waals surface area (Å²) in [5, 5.41) is 15.1. The van der Waals surface area contributed by atoms with Crippen molar-refractivity contribution in [3.63, 3.8) is 0 Å². The number of rotatable bonds is 9. The third kappa shape index (κ3) is 5.22. The van der Waals surface area contributed by atoms with Gasteiger partial charge < -0.3 is 19.3 Å². The molecule has 0 aliphatic carbocycles. The largest absolute Gasteiger partial charge is 0.508 e. The van der Waals surface area contributed by atoms with Crippen molar-refractivity contribution in [1.82, 2.24) is 29.1 Å². The first kappa shape index (κ1) is 26.1. The summed E-state index contributed by atoms with van der Waals surface area (Å²) in [5.74, 6) is 2.58. The van der Waals surface area contributed by atoms with Gasteiger partial charge in [-0.25, -0.2) is 9.97 Å². The van der Waals surface area contributed by atoms with Gasteiger partial charge in [0.15, 0.2) is 10.8 Å². The Kier molecular flexibility index (Phi) is 7.31. The summed E-state index contributed by atoms with van der Waals surface area (Å²) < 4.78 is 10.1. The number of fused-ring (bicyclic) bond motifs is 2. The predicted molar refractivity (Wildman–Crippen MR) is 160 cm³/mol. The second-order valence-electron chi connectivity index (χ2n) is 9.21. The van der Waals surface area contributed by atoms with E-state index in [0.717, 1.165) is 38.2 Å². The van der Waals surface area contributed by atoms with Crippen LogP contribution < -0.4 is 9.64 Å². The second kappa shape index (κ2) is 11.2. The van der Waals surface area contributed by atoms with E-state index in [1.807, 2.05) is 48.7 Å². The fraction of sp³-hybridized carbons (Fsp3) is 0.172. The van der Waals surface area contributed by atoms with E-state index in [0.29, 0.717) is 36.4 Å². The molecule has 6 rings (SSSR count). The van der Waals surface area contributed by atoms with Crippen LogP contribution in [-0.4, -0.2) is 47.6 Å². The van der Waals surface area contributed by atoms with Gasteiger partial charge in [0, 0.05) is 13.1 Å². The van der Waals surface area contributed by atoms with Crippen molar-refractivity contribution >= 4 is 50.3 Å². The number of para-hydroxylation sites is 2. The van der Waals surface area contributed by atoms with Gasteiger partial charge in [-0.15, -0.1) is 0 Å². The molecule has 202 valence electrons. The topological polar surface area (TPSA) is 93.6 Å². The number of benzene rings is 3. The minimum absolute atomic E-state index is 0.224. The molecule has 0 atom stereocenters. The zero-order chi connectivity index (χ0) is 27.6. The number of anilines is 1.